The number of nitriles is 1. The monoisotopic (exact) mass is 432 g/mol. The van der Waals surface area contributed by atoms with Crippen molar-refractivity contribution in [1.29, 1.82) is 5.26 Å². The van der Waals surface area contributed by atoms with Gasteiger partial charge in [-0.3, -0.25) is 4.79 Å². The molecule has 1 aliphatic rings. The summed E-state index contributed by atoms with van der Waals surface area (Å²) in [4.78, 5) is 19.3. The van der Waals surface area contributed by atoms with E-state index in [2.05, 4.69) is 27.7 Å². The fourth-order valence-corrected chi connectivity index (χ4v) is 4.78. The molecule has 0 aliphatic carbocycles. The predicted molar refractivity (Wildman–Crippen MR) is 120 cm³/mol. The third kappa shape index (κ3) is 3.97. The Kier molecular flexibility index (Phi) is 5.86. The van der Waals surface area contributed by atoms with Gasteiger partial charge in [-0.15, -0.1) is 0 Å². The Morgan fingerprint density at radius 2 is 2.06 bits per heavy atom. The van der Waals surface area contributed by atoms with Crippen molar-refractivity contribution in [2.75, 3.05) is 6.54 Å². The Labute approximate surface area is 186 Å². The highest BCUT2D eigenvalue weighted by Crippen LogP contribution is 2.37. The highest BCUT2D eigenvalue weighted by Gasteiger charge is 2.46. The summed E-state index contributed by atoms with van der Waals surface area (Å²) in [7, 11) is 0. The molecule has 0 amide bonds. The quantitative estimate of drug-likeness (QED) is 0.599. The topological polar surface area (TPSA) is 87.9 Å². The van der Waals surface area contributed by atoms with E-state index in [0.29, 0.717) is 47.3 Å². The molecule has 1 N–H and O–H groups in total. The molecule has 6 nitrogen and oxygen atoms in total. The minimum atomic E-state index is -1.12. The zero-order valence-corrected chi connectivity index (χ0v) is 18.6. The van der Waals surface area contributed by atoms with Crippen LogP contribution in [0.3, 0.4) is 0 Å². The van der Waals surface area contributed by atoms with Crippen molar-refractivity contribution in [3.05, 3.63) is 65.0 Å². The first-order valence-corrected chi connectivity index (χ1v) is 11.1. The van der Waals surface area contributed by atoms with E-state index in [4.69, 9.17) is 4.74 Å². The number of carbonyl (C=O) groups excluding carboxylic acids is 1. The maximum Gasteiger partial charge on any atom is 0.218 e. The van der Waals surface area contributed by atoms with Crippen molar-refractivity contribution < 1.29 is 9.53 Å². The van der Waals surface area contributed by atoms with Gasteiger partial charge in [0.05, 0.1) is 27.8 Å². The number of carbonyl (C=O) groups is 1. The number of hydrogen-bond donors (Lipinski definition) is 1. The minimum Gasteiger partial charge on any atom is -0.461 e. The van der Waals surface area contributed by atoms with Crippen LogP contribution >= 0.6 is 11.5 Å². The summed E-state index contributed by atoms with van der Waals surface area (Å²) < 4.78 is 10.9. The largest absolute Gasteiger partial charge is 0.461 e. The van der Waals surface area contributed by atoms with E-state index in [0.717, 1.165) is 16.9 Å². The van der Waals surface area contributed by atoms with Gasteiger partial charge < -0.3 is 10.1 Å². The van der Waals surface area contributed by atoms with Crippen molar-refractivity contribution in [3.8, 4) is 22.4 Å². The molecule has 1 fully saturated rings. The van der Waals surface area contributed by atoms with E-state index in [9.17, 15) is 10.1 Å². The third-order valence-corrected chi connectivity index (χ3v) is 6.81. The number of benzene rings is 1. The van der Waals surface area contributed by atoms with E-state index in [-0.39, 0.29) is 5.78 Å². The van der Waals surface area contributed by atoms with Crippen molar-refractivity contribution in [2.45, 2.75) is 45.3 Å². The molecule has 2 atom stereocenters. The molecule has 0 saturated carbocycles. The molecular weight excluding hydrogens is 408 g/mol. The Bertz CT molecular complexity index is 1140. The smallest absolute Gasteiger partial charge is 0.218 e. The van der Waals surface area contributed by atoms with Gasteiger partial charge in [0, 0.05) is 24.3 Å². The van der Waals surface area contributed by atoms with Crippen LogP contribution in [-0.2, 0) is 0 Å². The zero-order valence-electron chi connectivity index (χ0n) is 17.8. The molecule has 0 unspecified atom stereocenters. The second-order valence-corrected chi connectivity index (χ2v) is 8.76. The van der Waals surface area contributed by atoms with Crippen LogP contribution in [0.15, 0.2) is 42.6 Å². The van der Waals surface area contributed by atoms with Gasteiger partial charge in [0.15, 0.2) is 5.60 Å². The standard InChI is InChI=1S/C24H24N4O2S/c1-15-9-11-24(14-27-15,30-23-16(2)19(13-25)10-12-26-23)22(29)20-17(3)28-31-21(20)18-7-5-4-6-8-18/h4-8,10,12,15,27H,9,11,14H2,1-3H3/t15-,24-/m1/s1. The first-order chi connectivity index (χ1) is 14.9. The zero-order chi connectivity index (χ0) is 22.0. The van der Waals surface area contributed by atoms with Crippen molar-refractivity contribution in [3.63, 3.8) is 0 Å². The van der Waals surface area contributed by atoms with Gasteiger partial charge in [-0.25, -0.2) is 4.98 Å². The van der Waals surface area contributed by atoms with Crippen molar-refractivity contribution in [1.82, 2.24) is 14.7 Å². The van der Waals surface area contributed by atoms with Crippen LogP contribution in [-0.4, -0.2) is 33.3 Å². The van der Waals surface area contributed by atoms with Gasteiger partial charge in [0.1, 0.15) is 0 Å². The van der Waals surface area contributed by atoms with E-state index < -0.39 is 5.60 Å². The van der Waals surface area contributed by atoms with Gasteiger partial charge in [-0.1, -0.05) is 30.3 Å². The molecule has 158 valence electrons. The number of ether oxygens (including phenoxy) is 1. The number of piperidine rings is 1. The van der Waals surface area contributed by atoms with Crippen molar-refractivity contribution in [2.24, 2.45) is 0 Å². The first-order valence-electron chi connectivity index (χ1n) is 10.3. The average molecular weight is 433 g/mol. The summed E-state index contributed by atoms with van der Waals surface area (Å²) in [6.07, 6.45) is 2.90. The molecule has 7 heteroatoms. The lowest BCUT2D eigenvalue weighted by atomic mass is 9.82. The number of nitrogens with zero attached hydrogens (tertiary/aromatic N) is 3. The van der Waals surface area contributed by atoms with Gasteiger partial charge in [-0.05, 0) is 56.8 Å². The highest BCUT2D eigenvalue weighted by molar-refractivity contribution is 7.10. The van der Waals surface area contributed by atoms with Gasteiger partial charge in [0.25, 0.3) is 0 Å². The minimum absolute atomic E-state index is 0.0967. The van der Waals surface area contributed by atoms with E-state index in [1.165, 1.54) is 11.5 Å². The van der Waals surface area contributed by atoms with E-state index >= 15 is 0 Å². The molecule has 4 rings (SSSR count). The number of nitrogens with one attached hydrogen (secondary N) is 1. The molecule has 2 aromatic heterocycles. The number of Topliss-reactive ketones (excluding diaryl/α,β-unsaturated/α-hetero) is 1. The van der Waals surface area contributed by atoms with Gasteiger partial charge in [-0.2, -0.15) is 9.64 Å². The fourth-order valence-electron chi connectivity index (χ4n) is 3.88. The third-order valence-electron chi connectivity index (χ3n) is 5.83. The number of rotatable bonds is 5. The SMILES string of the molecule is Cc1nsc(-c2ccccc2)c1C(=O)[C@@]1(Oc2nccc(C#N)c2C)CC[C@@H](C)NC1. The highest BCUT2D eigenvalue weighted by atomic mass is 32.1. The summed E-state index contributed by atoms with van der Waals surface area (Å²) in [5.41, 5.74) is 2.27. The number of hydrogen-bond acceptors (Lipinski definition) is 7. The maximum atomic E-state index is 14.1. The summed E-state index contributed by atoms with van der Waals surface area (Å²) >= 11 is 1.33. The number of aromatic nitrogens is 2. The molecule has 0 spiro atoms. The number of pyridine rings is 1. The second-order valence-electron chi connectivity index (χ2n) is 7.98. The lowest BCUT2D eigenvalue weighted by Gasteiger charge is -2.39. The van der Waals surface area contributed by atoms with E-state index in [1.807, 2.05) is 37.3 Å². The molecule has 1 aromatic carbocycles. The fraction of sp³-hybridized carbons (Fsp3) is 0.333. The van der Waals surface area contributed by atoms with Gasteiger partial charge in [0.2, 0.25) is 11.7 Å². The van der Waals surface area contributed by atoms with Crippen molar-refractivity contribution >= 4 is 17.3 Å². The Hall–Kier alpha value is -3.08. The summed E-state index contributed by atoms with van der Waals surface area (Å²) in [5.74, 6) is 0.228. The van der Waals surface area contributed by atoms with Crippen LogP contribution in [0.4, 0.5) is 0 Å². The summed E-state index contributed by atoms with van der Waals surface area (Å²) in [5, 5.41) is 12.8. The van der Waals surface area contributed by atoms with Crippen LogP contribution < -0.4 is 10.1 Å². The molecule has 0 radical (unpaired) electrons. The molecule has 3 heterocycles. The van der Waals surface area contributed by atoms with Gasteiger partial charge >= 0.3 is 0 Å². The second kappa shape index (κ2) is 8.58. The molecular formula is C24H24N4O2S. The summed E-state index contributed by atoms with van der Waals surface area (Å²) in [6.45, 7) is 6.13. The lowest BCUT2D eigenvalue weighted by Crippen LogP contribution is -2.58. The first kappa shape index (κ1) is 21.2. The van der Waals surface area contributed by atoms with Crippen LogP contribution in [0.5, 0.6) is 5.88 Å². The van der Waals surface area contributed by atoms with Crippen LogP contribution in [0.2, 0.25) is 0 Å². The molecule has 3 aromatic rings. The molecule has 1 aliphatic heterocycles. The Morgan fingerprint density at radius 1 is 1.29 bits per heavy atom. The Balaban J connectivity index is 1.79. The normalized spacial score (nSPS) is 20.8. The summed E-state index contributed by atoms with van der Waals surface area (Å²) in [6, 6.07) is 13.9. The number of ketones is 1. The van der Waals surface area contributed by atoms with Crippen LogP contribution in [0.1, 0.15) is 46.9 Å². The predicted octanol–water partition coefficient (Wildman–Crippen LogP) is 4.47. The van der Waals surface area contributed by atoms with Crippen LogP contribution in [0.25, 0.3) is 10.4 Å². The molecule has 0 bridgehead atoms. The Morgan fingerprint density at radius 3 is 2.74 bits per heavy atom. The lowest BCUT2D eigenvalue weighted by molar-refractivity contribution is 0.0261. The van der Waals surface area contributed by atoms with Crippen LogP contribution in [0, 0.1) is 25.2 Å². The van der Waals surface area contributed by atoms with E-state index in [1.54, 1.807) is 19.2 Å². The average Bonchev–Trinajstić information content (AvgIpc) is 3.18. The molecule has 1 saturated heterocycles. The maximum absolute atomic E-state index is 14.1. The molecule has 31 heavy (non-hydrogen) atoms. The number of aryl methyl sites for hydroxylation is 1.